The normalized spacial score (nSPS) is 11.8. The summed E-state index contributed by atoms with van der Waals surface area (Å²) in [5.41, 5.74) is 1.03. The number of amides is 2. The van der Waals surface area contributed by atoms with E-state index in [0.29, 0.717) is 19.5 Å². The number of benzene rings is 1. The van der Waals surface area contributed by atoms with Gasteiger partial charge in [-0.2, -0.15) is 0 Å². The summed E-state index contributed by atoms with van der Waals surface area (Å²) in [4.78, 5) is 25.8. The van der Waals surface area contributed by atoms with Gasteiger partial charge in [0.1, 0.15) is 6.04 Å². The number of rotatable bonds is 7. The van der Waals surface area contributed by atoms with Crippen molar-refractivity contribution in [2.75, 3.05) is 6.54 Å². The fourth-order valence-corrected chi connectivity index (χ4v) is 1.96. The van der Waals surface area contributed by atoms with Crippen LogP contribution in [0.15, 0.2) is 30.3 Å². The molecule has 110 valence electrons. The monoisotopic (exact) mass is 276 g/mol. The lowest BCUT2D eigenvalue weighted by molar-refractivity contribution is -0.140. The van der Waals surface area contributed by atoms with Gasteiger partial charge in [0, 0.05) is 19.5 Å². The van der Waals surface area contributed by atoms with E-state index < -0.39 is 6.04 Å². The van der Waals surface area contributed by atoms with E-state index in [1.807, 2.05) is 44.2 Å². The third-order valence-corrected chi connectivity index (χ3v) is 3.21. The average Bonchev–Trinajstić information content (AvgIpc) is 2.49. The van der Waals surface area contributed by atoms with Crippen molar-refractivity contribution in [3.8, 4) is 0 Å². The lowest BCUT2D eigenvalue weighted by atomic mass is 10.1. The molecular formula is C16H24N2O2. The van der Waals surface area contributed by atoms with E-state index in [4.69, 9.17) is 0 Å². The van der Waals surface area contributed by atoms with Crippen molar-refractivity contribution in [3.63, 3.8) is 0 Å². The van der Waals surface area contributed by atoms with Crippen LogP contribution in [0.5, 0.6) is 0 Å². The average molecular weight is 276 g/mol. The molecule has 0 aromatic heterocycles. The zero-order chi connectivity index (χ0) is 15.0. The van der Waals surface area contributed by atoms with Crippen LogP contribution in [0.1, 0.15) is 39.2 Å². The molecule has 20 heavy (non-hydrogen) atoms. The second-order valence-electron chi connectivity index (χ2n) is 4.83. The summed E-state index contributed by atoms with van der Waals surface area (Å²) in [7, 11) is 0. The van der Waals surface area contributed by atoms with Crippen LogP contribution >= 0.6 is 0 Å². The number of hydrogen-bond donors (Lipinski definition) is 1. The van der Waals surface area contributed by atoms with Crippen molar-refractivity contribution in [1.82, 2.24) is 10.2 Å². The molecular weight excluding hydrogens is 252 g/mol. The highest BCUT2D eigenvalue weighted by molar-refractivity contribution is 5.87. The zero-order valence-electron chi connectivity index (χ0n) is 12.6. The Labute approximate surface area is 121 Å². The summed E-state index contributed by atoms with van der Waals surface area (Å²) in [6, 6.07) is 9.29. The molecule has 4 nitrogen and oxygen atoms in total. The van der Waals surface area contributed by atoms with Crippen molar-refractivity contribution >= 4 is 11.8 Å². The fourth-order valence-electron chi connectivity index (χ4n) is 1.96. The largest absolute Gasteiger partial charge is 0.354 e. The molecule has 0 fully saturated rings. The molecule has 0 saturated carbocycles. The second kappa shape index (κ2) is 8.35. The van der Waals surface area contributed by atoms with Crippen LogP contribution in [-0.4, -0.2) is 29.3 Å². The topological polar surface area (TPSA) is 49.4 Å². The molecule has 0 aliphatic heterocycles. The lowest BCUT2D eigenvalue weighted by Gasteiger charge is -2.28. The third-order valence-electron chi connectivity index (χ3n) is 3.21. The molecule has 0 bridgehead atoms. The molecule has 0 heterocycles. The molecule has 2 amide bonds. The molecule has 0 radical (unpaired) electrons. The van der Waals surface area contributed by atoms with Crippen LogP contribution in [0.25, 0.3) is 0 Å². The van der Waals surface area contributed by atoms with Crippen LogP contribution in [0, 0.1) is 0 Å². The van der Waals surface area contributed by atoms with Gasteiger partial charge in [-0.25, -0.2) is 0 Å². The standard InChI is InChI=1S/C16H24N2O2/c1-4-11-17-16(20)13(3)18(15(19)5-2)12-14-9-7-6-8-10-14/h6-10,13H,4-5,11-12H2,1-3H3,(H,17,20). The van der Waals surface area contributed by atoms with Gasteiger partial charge < -0.3 is 10.2 Å². The van der Waals surface area contributed by atoms with Crippen molar-refractivity contribution < 1.29 is 9.59 Å². The molecule has 0 aliphatic rings. The molecule has 1 unspecified atom stereocenters. The Morgan fingerprint density at radius 2 is 1.85 bits per heavy atom. The molecule has 4 heteroatoms. The van der Waals surface area contributed by atoms with E-state index >= 15 is 0 Å². The predicted molar refractivity (Wildman–Crippen MR) is 80.0 cm³/mol. The molecule has 0 aliphatic carbocycles. The maximum atomic E-state index is 12.1. The van der Waals surface area contributed by atoms with Crippen LogP contribution in [0.4, 0.5) is 0 Å². The van der Waals surface area contributed by atoms with Gasteiger partial charge in [0.15, 0.2) is 0 Å². The van der Waals surface area contributed by atoms with Gasteiger partial charge in [-0.1, -0.05) is 44.2 Å². The highest BCUT2D eigenvalue weighted by Crippen LogP contribution is 2.10. The van der Waals surface area contributed by atoms with E-state index in [9.17, 15) is 9.59 Å². The minimum Gasteiger partial charge on any atom is -0.354 e. The smallest absolute Gasteiger partial charge is 0.242 e. The Bertz CT molecular complexity index is 431. The first-order chi connectivity index (χ1) is 9.60. The van der Waals surface area contributed by atoms with Gasteiger partial charge in [0.25, 0.3) is 0 Å². The number of nitrogens with zero attached hydrogens (tertiary/aromatic N) is 1. The van der Waals surface area contributed by atoms with E-state index in [0.717, 1.165) is 12.0 Å². The quantitative estimate of drug-likeness (QED) is 0.831. The van der Waals surface area contributed by atoms with Gasteiger partial charge in [-0.15, -0.1) is 0 Å². The first kappa shape index (κ1) is 16.2. The maximum Gasteiger partial charge on any atom is 0.242 e. The van der Waals surface area contributed by atoms with Crippen LogP contribution in [0.3, 0.4) is 0 Å². The first-order valence-corrected chi connectivity index (χ1v) is 7.21. The zero-order valence-corrected chi connectivity index (χ0v) is 12.6. The lowest BCUT2D eigenvalue weighted by Crippen LogP contribution is -2.47. The molecule has 0 spiro atoms. The summed E-state index contributed by atoms with van der Waals surface area (Å²) in [6.45, 7) is 6.71. The van der Waals surface area contributed by atoms with Gasteiger partial charge in [0.05, 0.1) is 0 Å². The van der Waals surface area contributed by atoms with Gasteiger partial charge >= 0.3 is 0 Å². The van der Waals surface area contributed by atoms with Crippen LogP contribution < -0.4 is 5.32 Å². The van der Waals surface area contributed by atoms with Crippen molar-refractivity contribution in [1.29, 1.82) is 0 Å². The Morgan fingerprint density at radius 1 is 1.20 bits per heavy atom. The van der Waals surface area contributed by atoms with E-state index in [-0.39, 0.29) is 11.8 Å². The van der Waals surface area contributed by atoms with Gasteiger partial charge in [0.2, 0.25) is 11.8 Å². The fraction of sp³-hybridized carbons (Fsp3) is 0.500. The Balaban J connectivity index is 2.78. The molecule has 1 N–H and O–H groups in total. The first-order valence-electron chi connectivity index (χ1n) is 7.21. The molecule has 1 aromatic carbocycles. The second-order valence-corrected chi connectivity index (χ2v) is 4.83. The molecule has 0 saturated heterocycles. The van der Waals surface area contributed by atoms with Crippen molar-refractivity contribution in [2.45, 2.75) is 46.2 Å². The van der Waals surface area contributed by atoms with Crippen molar-refractivity contribution in [3.05, 3.63) is 35.9 Å². The number of carbonyl (C=O) groups is 2. The minimum absolute atomic E-state index is 0.00648. The van der Waals surface area contributed by atoms with Crippen LogP contribution in [0.2, 0.25) is 0 Å². The summed E-state index contributed by atoms with van der Waals surface area (Å²) >= 11 is 0. The van der Waals surface area contributed by atoms with Gasteiger partial charge in [-0.3, -0.25) is 9.59 Å². The summed E-state index contributed by atoms with van der Waals surface area (Å²) in [5, 5.41) is 2.84. The Kier molecular flexibility index (Phi) is 6.77. The van der Waals surface area contributed by atoms with E-state index in [2.05, 4.69) is 5.32 Å². The summed E-state index contributed by atoms with van der Waals surface area (Å²) in [5.74, 6) is -0.0995. The number of hydrogen-bond acceptors (Lipinski definition) is 2. The third kappa shape index (κ3) is 4.68. The Morgan fingerprint density at radius 3 is 2.40 bits per heavy atom. The van der Waals surface area contributed by atoms with E-state index in [1.165, 1.54) is 0 Å². The van der Waals surface area contributed by atoms with Crippen LogP contribution in [-0.2, 0) is 16.1 Å². The highest BCUT2D eigenvalue weighted by Gasteiger charge is 2.24. The molecule has 1 atom stereocenters. The summed E-state index contributed by atoms with van der Waals surface area (Å²) < 4.78 is 0. The maximum absolute atomic E-state index is 12.1. The predicted octanol–water partition coefficient (Wildman–Crippen LogP) is 2.34. The highest BCUT2D eigenvalue weighted by atomic mass is 16.2. The summed E-state index contributed by atoms with van der Waals surface area (Å²) in [6.07, 6.45) is 1.29. The SMILES string of the molecule is CCCNC(=O)C(C)N(Cc1ccccc1)C(=O)CC. The molecule has 1 rings (SSSR count). The molecule has 1 aromatic rings. The Hall–Kier alpha value is -1.84. The van der Waals surface area contributed by atoms with E-state index in [1.54, 1.807) is 11.8 Å². The van der Waals surface area contributed by atoms with Gasteiger partial charge in [-0.05, 0) is 18.9 Å². The van der Waals surface area contributed by atoms with Crippen molar-refractivity contribution in [2.24, 2.45) is 0 Å². The number of carbonyl (C=O) groups excluding carboxylic acids is 2. The number of nitrogens with one attached hydrogen (secondary N) is 1. The minimum atomic E-state index is -0.450.